The highest BCUT2D eigenvalue weighted by Crippen LogP contribution is 2.19. The van der Waals surface area contributed by atoms with E-state index in [2.05, 4.69) is 50.9 Å². The van der Waals surface area contributed by atoms with E-state index < -0.39 is 0 Å². The Balaban J connectivity index is 2.66. The third-order valence-electron chi connectivity index (χ3n) is 2.81. The first-order chi connectivity index (χ1) is 6.48. The van der Waals surface area contributed by atoms with Crippen LogP contribution in [0.4, 0.5) is 0 Å². The summed E-state index contributed by atoms with van der Waals surface area (Å²) in [6.45, 7) is 9.75. The van der Waals surface area contributed by atoms with E-state index in [-0.39, 0.29) is 5.41 Å². The van der Waals surface area contributed by atoms with E-state index in [0.29, 0.717) is 0 Å². The molecule has 0 unspecified atom stereocenters. The molecular formula is C13H17N. The van der Waals surface area contributed by atoms with Gasteiger partial charge in [-0.1, -0.05) is 32.9 Å². The van der Waals surface area contributed by atoms with Crippen molar-refractivity contribution in [1.82, 2.24) is 0 Å². The van der Waals surface area contributed by atoms with Crippen LogP contribution in [0.15, 0.2) is 23.2 Å². The topological polar surface area (TPSA) is 12.4 Å². The lowest BCUT2D eigenvalue weighted by molar-refractivity contribution is 0.589. The van der Waals surface area contributed by atoms with Gasteiger partial charge in [-0.15, -0.1) is 0 Å². The Bertz CT molecular complexity index is 475. The molecule has 1 nitrogen and oxygen atoms in total. The van der Waals surface area contributed by atoms with Gasteiger partial charge in [0.15, 0.2) is 0 Å². The molecule has 1 aliphatic heterocycles. The highest BCUT2D eigenvalue weighted by molar-refractivity contribution is 5.47. The Hall–Kier alpha value is -1.11. The standard InChI is InChI=1S/C13H17N/c1-9-8-14-12-7-10(13(2,3)4)5-6-11(9)12/h5-7H,8H2,1-4H3. The molecule has 1 aromatic rings. The maximum absolute atomic E-state index is 4.52. The van der Waals surface area contributed by atoms with Gasteiger partial charge in [0.05, 0.1) is 11.9 Å². The molecule has 0 saturated heterocycles. The summed E-state index contributed by atoms with van der Waals surface area (Å²) in [5.41, 5.74) is 2.98. The number of rotatable bonds is 0. The van der Waals surface area contributed by atoms with E-state index in [1.807, 2.05) is 0 Å². The summed E-state index contributed by atoms with van der Waals surface area (Å²) in [5, 5.41) is 2.51. The average molecular weight is 187 g/mol. The summed E-state index contributed by atoms with van der Waals surface area (Å²) >= 11 is 0. The largest absolute Gasteiger partial charge is 0.280 e. The Kier molecular flexibility index (Phi) is 1.99. The summed E-state index contributed by atoms with van der Waals surface area (Å²) < 4.78 is 0. The molecular weight excluding hydrogens is 170 g/mol. The predicted molar refractivity (Wildman–Crippen MR) is 59.9 cm³/mol. The first-order valence-corrected chi connectivity index (χ1v) is 5.13. The fourth-order valence-corrected chi connectivity index (χ4v) is 1.78. The van der Waals surface area contributed by atoms with Gasteiger partial charge in [0.2, 0.25) is 0 Å². The van der Waals surface area contributed by atoms with E-state index in [1.54, 1.807) is 0 Å². The van der Waals surface area contributed by atoms with Crippen LogP contribution in [0, 0.1) is 0 Å². The lowest BCUT2D eigenvalue weighted by atomic mass is 9.87. The van der Waals surface area contributed by atoms with Crippen molar-refractivity contribution >= 4 is 5.57 Å². The molecule has 0 spiro atoms. The second kappa shape index (κ2) is 2.94. The molecule has 0 aliphatic carbocycles. The minimum atomic E-state index is 0.223. The fourth-order valence-electron chi connectivity index (χ4n) is 1.78. The maximum atomic E-state index is 4.52. The average Bonchev–Trinajstić information content (AvgIpc) is 2.46. The van der Waals surface area contributed by atoms with Crippen molar-refractivity contribution in [3.8, 4) is 0 Å². The van der Waals surface area contributed by atoms with Gasteiger partial charge < -0.3 is 0 Å². The first kappa shape index (κ1) is 9.45. The molecule has 0 fully saturated rings. The van der Waals surface area contributed by atoms with Crippen LogP contribution in [0.5, 0.6) is 0 Å². The normalized spacial score (nSPS) is 15.3. The van der Waals surface area contributed by atoms with Gasteiger partial charge in [0.25, 0.3) is 0 Å². The van der Waals surface area contributed by atoms with Crippen LogP contribution in [-0.2, 0) is 5.41 Å². The quantitative estimate of drug-likeness (QED) is 0.587. The zero-order chi connectivity index (χ0) is 10.3. The third kappa shape index (κ3) is 1.47. The maximum Gasteiger partial charge on any atom is 0.0653 e. The minimum Gasteiger partial charge on any atom is -0.280 e. The van der Waals surface area contributed by atoms with Gasteiger partial charge in [-0.25, -0.2) is 0 Å². The molecule has 1 heteroatoms. The molecule has 1 aliphatic rings. The summed E-state index contributed by atoms with van der Waals surface area (Å²) in [6, 6.07) is 6.66. The van der Waals surface area contributed by atoms with Crippen molar-refractivity contribution in [2.24, 2.45) is 4.99 Å². The Morgan fingerprint density at radius 3 is 2.57 bits per heavy atom. The van der Waals surface area contributed by atoms with Gasteiger partial charge >= 0.3 is 0 Å². The third-order valence-corrected chi connectivity index (χ3v) is 2.81. The molecule has 0 N–H and O–H groups in total. The molecule has 0 radical (unpaired) electrons. The predicted octanol–water partition coefficient (Wildman–Crippen LogP) is 1.79. The van der Waals surface area contributed by atoms with Gasteiger partial charge in [-0.2, -0.15) is 0 Å². The lowest BCUT2D eigenvalue weighted by Gasteiger charge is -2.18. The molecule has 0 saturated carbocycles. The first-order valence-electron chi connectivity index (χ1n) is 5.13. The summed E-state index contributed by atoms with van der Waals surface area (Å²) in [5.74, 6) is 0. The van der Waals surface area contributed by atoms with E-state index in [0.717, 1.165) is 6.54 Å². The summed E-state index contributed by atoms with van der Waals surface area (Å²) in [6.07, 6.45) is 0. The number of benzene rings is 1. The number of nitrogens with zero attached hydrogens (tertiary/aromatic N) is 1. The van der Waals surface area contributed by atoms with Crippen molar-refractivity contribution in [3.05, 3.63) is 34.3 Å². The molecule has 2 rings (SSSR count). The molecule has 0 bridgehead atoms. The van der Waals surface area contributed by atoms with Gasteiger partial charge in [0, 0.05) is 5.22 Å². The Morgan fingerprint density at radius 2 is 1.93 bits per heavy atom. The van der Waals surface area contributed by atoms with Crippen molar-refractivity contribution in [3.63, 3.8) is 0 Å². The molecule has 74 valence electrons. The van der Waals surface area contributed by atoms with Crippen molar-refractivity contribution < 1.29 is 0 Å². The van der Waals surface area contributed by atoms with E-state index in [9.17, 15) is 0 Å². The lowest BCUT2D eigenvalue weighted by Crippen LogP contribution is -2.25. The van der Waals surface area contributed by atoms with Crippen LogP contribution in [0.25, 0.3) is 5.57 Å². The van der Waals surface area contributed by atoms with Gasteiger partial charge in [-0.3, -0.25) is 4.99 Å². The summed E-state index contributed by atoms with van der Waals surface area (Å²) in [7, 11) is 0. The van der Waals surface area contributed by atoms with Crippen LogP contribution in [0.3, 0.4) is 0 Å². The smallest absolute Gasteiger partial charge is 0.0653 e. The monoisotopic (exact) mass is 187 g/mol. The van der Waals surface area contributed by atoms with E-state index >= 15 is 0 Å². The SMILES string of the molecule is CC1=c2ccc(C(C)(C)C)cc2=NC1. The van der Waals surface area contributed by atoms with Crippen LogP contribution in [0.1, 0.15) is 33.3 Å². The minimum absolute atomic E-state index is 0.223. The molecule has 0 atom stereocenters. The van der Waals surface area contributed by atoms with Crippen LogP contribution in [-0.4, -0.2) is 6.54 Å². The van der Waals surface area contributed by atoms with E-state index in [4.69, 9.17) is 0 Å². The molecule has 0 aromatic heterocycles. The zero-order valence-corrected chi connectivity index (χ0v) is 9.39. The van der Waals surface area contributed by atoms with Crippen molar-refractivity contribution in [2.45, 2.75) is 33.1 Å². The Labute approximate surface area is 85.2 Å². The Morgan fingerprint density at radius 1 is 1.21 bits per heavy atom. The number of fused-ring (bicyclic) bond motifs is 1. The van der Waals surface area contributed by atoms with E-state index in [1.165, 1.54) is 21.7 Å². The molecule has 14 heavy (non-hydrogen) atoms. The zero-order valence-electron chi connectivity index (χ0n) is 9.39. The van der Waals surface area contributed by atoms with Gasteiger partial charge in [-0.05, 0) is 29.5 Å². The van der Waals surface area contributed by atoms with Gasteiger partial charge in [0.1, 0.15) is 0 Å². The fraction of sp³-hybridized carbons (Fsp3) is 0.462. The second-order valence-corrected chi connectivity index (χ2v) is 5.08. The molecule has 1 aromatic carbocycles. The van der Waals surface area contributed by atoms with Crippen LogP contribution < -0.4 is 10.6 Å². The number of hydrogen-bond donors (Lipinski definition) is 0. The summed E-state index contributed by atoms with van der Waals surface area (Å²) in [4.78, 5) is 4.52. The molecule has 1 heterocycles. The van der Waals surface area contributed by atoms with Crippen LogP contribution in [0.2, 0.25) is 0 Å². The highest BCUT2D eigenvalue weighted by atomic mass is 14.7. The van der Waals surface area contributed by atoms with Crippen molar-refractivity contribution in [1.29, 1.82) is 0 Å². The molecule has 0 amide bonds. The van der Waals surface area contributed by atoms with Crippen LogP contribution >= 0.6 is 0 Å². The van der Waals surface area contributed by atoms with Crippen molar-refractivity contribution in [2.75, 3.05) is 6.54 Å². The second-order valence-electron chi connectivity index (χ2n) is 5.08. The number of hydrogen-bond acceptors (Lipinski definition) is 1. The highest BCUT2D eigenvalue weighted by Gasteiger charge is 2.14.